The molecule has 2 aromatic rings. The van der Waals surface area contributed by atoms with Gasteiger partial charge in [-0.1, -0.05) is 20.8 Å². The third kappa shape index (κ3) is 7.98. The fourth-order valence-electron chi connectivity index (χ4n) is 3.87. The number of pyridine rings is 2. The van der Waals surface area contributed by atoms with Crippen molar-refractivity contribution >= 4 is 28.8 Å². The zero-order valence-electron chi connectivity index (χ0n) is 22.9. The molecule has 0 aromatic carbocycles. The van der Waals surface area contributed by atoms with Gasteiger partial charge in [0.15, 0.2) is 0 Å². The second kappa shape index (κ2) is 12.7. The number of hydrogen-bond donors (Lipinski definition) is 4. The number of piperazine rings is 1. The summed E-state index contributed by atoms with van der Waals surface area (Å²) >= 11 is 0. The third-order valence-corrected chi connectivity index (χ3v) is 6.34. The second-order valence-electron chi connectivity index (χ2n) is 10.4. The number of amides is 1. The summed E-state index contributed by atoms with van der Waals surface area (Å²) < 4.78 is 12.6. The Labute approximate surface area is 228 Å². The minimum absolute atomic E-state index is 0.00522. The summed E-state index contributed by atoms with van der Waals surface area (Å²) in [6.45, 7) is 10.4. The highest BCUT2D eigenvalue weighted by molar-refractivity contribution is 6.06. The topological polar surface area (TPSA) is 163 Å². The van der Waals surface area contributed by atoms with Gasteiger partial charge in [0.25, 0.3) is 5.91 Å². The van der Waals surface area contributed by atoms with E-state index in [-0.39, 0.29) is 23.8 Å². The lowest BCUT2D eigenvalue weighted by molar-refractivity contribution is 0.100. The molecule has 2 aromatic heterocycles. The molecular formula is C27H38FN9O2. The number of aryl methyl sites for hydroxylation is 1. The lowest BCUT2D eigenvalue weighted by Crippen LogP contribution is -2.47. The quantitative estimate of drug-likeness (QED) is 0.129. The number of nitrogens with zero attached hydrogens (tertiary/aromatic N) is 6. The number of halogens is 1. The number of aromatic nitrogens is 2. The first-order valence-corrected chi connectivity index (χ1v) is 12.6. The van der Waals surface area contributed by atoms with E-state index in [0.29, 0.717) is 29.2 Å². The van der Waals surface area contributed by atoms with Gasteiger partial charge in [-0.2, -0.15) is 4.99 Å². The molecule has 0 aliphatic carbocycles. The van der Waals surface area contributed by atoms with Crippen molar-refractivity contribution in [2.45, 2.75) is 27.7 Å². The van der Waals surface area contributed by atoms with E-state index in [1.54, 1.807) is 25.4 Å². The number of hydrogen-bond acceptors (Lipinski definition) is 9. The smallest absolute Gasteiger partial charge is 0.280 e. The van der Waals surface area contributed by atoms with Gasteiger partial charge >= 0.3 is 0 Å². The number of allylic oxidation sites excluding steroid dienone is 1. The number of hydrazine groups is 1. The van der Waals surface area contributed by atoms with Crippen molar-refractivity contribution in [3.63, 3.8) is 0 Å². The molecule has 0 atom stereocenters. The van der Waals surface area contributed by atoms with Crippen LogP contribution in [0, 0.1) is 12.3 Å². The summed E-state index contributed by atoms with van der Waals surface area (Å²) in [6.07, 6.45) is 7.58. The van der Waals surface area contributed by atoms with Gasteiger partial charge < -0.3 is 21.5 Å². The van der Waals surface area contributed by atoms with Gasteiger partial charge in [-0.3, -0.25) is 24.7 Å². The molecule has 39 heavy (non-hydrogen) atoms. The highest BCUT2D eigenvalue weighted by atomic mass is 19.1. The summed E-state index contributed by atoms with van der Waals surface area (Å²) in [4.78, 5) is 29.4. The number of amidine groups is 1. The number of carbonyl (C=O) groups excluding carboxylic acids is 1. The summed E-state index contributed by atoms with van der Waals surface area (Å²) in [5, 5.41) is 11.4. The number of aliphatic hydroxyl groups is 1. The summed E-state index contributed by atoms with van der Waals surface area (Å²) in [5.41, 5.74) is 14.8. The van der Waals surface area contributed by atoms with Crippen LogP contribution in [0.5, 0.6) is 0 Å². The fraction of sp³-hybridized carbons (Fsp3) is 0.407. The molecule has 11 nitrogen and oxygen atoms in total. The number of aliphatic imine (C=N–C) groups is 1. The SMILES string of the molecule is Cc1ncc(C(=O)N=C(N)/C=C(\O)C(C)(C)C)cc1N(N)/C=C(\N)c1cncc(N2CCN(CCF)CC2)c1. The number of nitrogens with two attached hydrogens (primary N) is 3. The van der Waals surface area contributed by atoms with Crippen LogP contribution in [0.25, 0.3) is 5.70 Å². The predicted molar refractivity (Wildman–Crippen MR) is 153 cm³/mol. The monoisotopic (exact) mass is 539 g/mol. The van der Waals surface area contributed by atoms with Crippen LogP contribution in [0.4, 0.5) is 15.8 Å². The molecule has 0 saturated carbocycles. The maximum absolute atomic E-state index is 12.7. The normalized spacial score (nSPS) is 15.9. The Morgan fingerprint density at radius 1 is 1.15 bits per heavy atom. The van der Waals surface area contributed by atoms with E-state index in [1.165, 1.54) is 23.5 Å². The summed E-state index contributed by atoms with van der Waals surface area (Å²) in [5.74, 6) is 5.55. The predicted octanol–water partition coefficient (Wildman–Crippen LogP) is 2.50. The molecule has 7 N–H and O–H groups in total. The van der Waals surface area contributed by atoms with Crippen molar-refractivity contribution in [3.8, 4) is 0 Å². The van der Waals surface area contributed by atoms with Gasteiger partial charge in [-0.15, -0.1) is 0 Å². The standard InChI is InChI=1S/C27H38FN9O2/c1-18-23(12-20(15-33-18)26(39)34-25(30)13-24(38)27(2,3)4)37(31)17-22(29)19-11-21(16-32-14-19)36-9-7-35(6-5-28)8-10-36/h11-17,38H,5-10,29,31H2,1-4H3,(H2,30,34,39)/b22-17-,24-13-. The highest BCUT2D eigenvalue weighted by Crippen LogP contribution is 2.24. The van der Waals surface area contributed by atoms with E-state index in [2.05, 4.69) is 24.8 Å². The molecule has 0 bridgehead atoms. The molecule has 12 heteroatoms. The van der Waals surface area contributed by atoms with Gasteiger partial charge in [-0.25, -0.2) is 10.2 Å². The molecule has 1 fully saturated rings. The van der Waals surface area contributed by atoms with Gasteiger partial charge in [0, 0.05) is 68.4 Å². The van der Waals surface area contributed by atoms with Crippen molar-refractivity contribution in [1.29, 1.82) is 0 Å². The fourth-order valence-corrected chi connectivity index (χ4v) is 3.87. The molecule has 1 aliphatic heterocycles. The summed E-state index contributed by atoms with van der Waals surface area (Å²) in [7, 11) is 0. The minimum atomic E-state index is -0.631. The van der Waals surface area contributed by atoms with Gasteiger partial charge in [0.2, 0.25) is 0 Å². The molecule has 3 heterocycles. The Hall–Kier alpha value is -4.03. The van der Waals surface area contributed by atoms with Crippen LogP contribution in [0.15, 0.2) is 53.8 Å². The molecule has 1 saturated heterocycles. The van der Waals surface area contributed by atoms with Crippen molar-refractivity contribution in [1.82, 2.24) is 14.9 Å². The summed E-state index contributed by atoms with van der Waals surface area (Å²) in [6, 6.07) is 3.48. The zero-order chi connectivity index (χ0) is 28.7. The van der Waals surface area contributed by atoms with E-state index in [0.717, 1.165) is 31.9 Å². The van der Waals surface area contributed by atoms with Crippen LogP contribution in [0.3, 0.4) is 0 Å². The molecule has 0 unspecified atom stereocenters. The lowest BCUT2D eigenvalue weighted by Gasteiger charge is -2.35. The maximum Gasteiger partial charge on any atom is 0.280 e. The van der Waals surface area contributed by atoms with Crippen molar-refractivity contribution in [2.24, 2.45) is 27.7 Å². The van der Waals surface area contributed by atoms with Crippen LogP contribution in [0.2, 0.25) is 0 Å². The molecular weight excluding hydrogens is 501 g/mol. The minimum Gasteiger partial charge on any atom is -0.512 e. The zero-order valence-corrected chi connectivity index (χ0v) is 22.9. The lowest BCUT2D eigenvalue weighted by atomic mass is 9.93. The number of anilines is 2. The first-order valence-electron chi connectivity index (χ1n) is 12.6. The van der Waals surface area contributed by atoms with Gasteiger partial charge in [0.1, 0.15) is 18.3 Å². The van der Waals surface area contributed by atoms with Crippen LogP contribution in [-0.2, 0) is 0 Å². The first-order chi connectivity index (χ1) is 18.4. The van der Waals surface area contributed by atoms with Crippen molar-refractivity contribution in [2.75, 3.05) is 49.3 Å². The Morgan fingerprint density at radius 3 is 2.49 bits per heavy atom. The Bertz CT molecular complexity index is 1260. The number of rotatable bonds is 8. The van der Waals surface area contributed by atoms with Gasteiger partial charge in [0.05, 0.1) is 34.5 Å². The average Bonchev–Trinajstić information content (AvgIpc) is 2.88. The molecule has 0 spiro atoms. The number of carbonyl (C=O) groups is 1. The number of aliphatic hydroxyl groups excluding tert-OH is 1. The highest BCUT2D eigenvalue weighted by Gasteiger charge is 2.19. The largest absolute Gasteiger partial charge is 0.512 e. The van der Waals surface area contributed by atoms with E-state index >= 15 is 0 Å². The Kier molecular flexibility index (Phi) is 9.60. The Balaban J connectivity index is 1.77. The van der Waals surface area contributed by atoms with Crippen molar-refractivity contribution in [3.05, 3.63) is 65.6 Å². The Morgan fingerprint density at radius 2 is 1.85 bits per heavy atom. The average molecular weight is 540 g/mol. The third-order valence-electron chi connectivity index (χ3n) is 6.34. The van der Waals surface area contributed by atoms with Crippen LogP contribution in [0.1, 0.15) is 42.4 Å². The second-order valence-corrected chi connectivity index (χ2v) is 10.4. The van der Waals surface area contributed by atoms with Crippen LogP contribution < -0.4 is 27.2 Å². The van der Waals surface area contributed by atoms with Crippen LogP contribution in [-0.4, -0.2) is 71.1 Å². The molecule has 0 radical (unpaired) electrons. The first kappa shape index (κ1) is 29.5. The van der Waals surface area contributed by atoms with E-state index in [1.807, 2.05) is 26.8 Å². The molecule has 1 amide bonds. The molecule has 1 aliphatic rings. The molecule has 3 rings (SSSR count). The van der Waals surface area contributed by atoms with Crippen molar-refractivity contribution < 1.29 is 14.3 Å². The van der Waals surface area contributed by atoms with Crippen LogP contribution >= 0.6 is 0 Å². The van der Waals surface area contributed by atoms with E-state index in [9.17, 15) is 14.3 Å². The number of alkyl halides is 1. The van der Waals surface area contributed by atoms with Gasteiger partial charge in [-0.05, 0) is 19.1 Å². The van der Waals surface area contributed by atoms with E-state index < -0.39 is 11.3 Å². The molecule has 210 valence electrons. The van der Waals surface area contributed by atoms with E-state index in [4.69, 9.17) is 17.3 Å². The maximum atomic E-state index is 12.7.